The van der Waals surface area contributed by atoms with Gasteiger partial charge in [-0.2, -0.15) is 0 Å². The Morgan fingerprint density at radius 3 is 2.52 bits per heavy atom. The fourth-order valence-electron chi connectivity index (χ4n) is 2.84. The largest absolute Gasteiger partial charge is 0.356 e. The van der Waals surface area contributed by atoms with Crippen molar-refractivity contribution in [2.24, 2.45) is 5.92 Å². The lowest BCUT2D eigenvalue weighted by atomic mass is 9.95. The summed E-state index contributed by atoms with van der Waals surface area (Å²) in [6.45, 7) is 8.16. The van der Waals surface area contributed by atoms with Gasteiger partial charge in [-0.1, -0.05) is 43.2 Å². The summed E-state index contributed by atoms with van der Waals surface area (Å²) in [5.74, 6) is 0.481. The van der Waals surface area contributed by atoms with Crippen LogP contribution in [0.4, 0.5) is 0 Å². The highest BCUT2D eigenvalue weighted by molar-refractivity contribution is 5.78. The lowest BCUT2D eigenvalue weighted by Crippen LogP contribution is -2.40. The second-order valence-corrected chi connectivity index (χ2v) is 6.18. The standard InChI is InChI=1S/C18H28N2O/c1-3-4-11-19-18(21)17-9-12-20(13-10-17)14-16-7-5-15(2)6-8-16/h5-8,17H,3-4,9-14H2,1-2H3,(H,19,21). The SMILES string of the molecule is CCCCNC(=O)C1CCN(Cc2ccc(C)cc2)CC1. The Morgan fingerprint density at radius 1 is 1.24 bits per heavy atom. The van der Waals surface area contributed by atoms with Gasteiger partial charge in [0.25, 0.3) is 0 Å². The molecule has 1 aromatic rings. The summed E-state index contributed by atoms with van der Waals surface area (Å²) in [6.07, 6.45) is 4.20. The van der Waals surface area contributed by atoms with Crippen molar-refractivity contribution in [2.45, 2.75) is 46.1 Å². The summed E-state index contributed by atoms with van der Waals surface area (Å²) in [6, 6.07) is 8.75. The van der Waals surface area contributed by atoms with Gasteiger partial charge < -0.3 is 5.32 Å². The molecule has 0 unspecified atom stereocenters. The van der Waals surface area contributed by atoms with Gasteiger partial charge in [-0.05, 0) is 44.8 Å². The Hall–Kier alpha value is -1.35. The van der Waals surface area contributed by atoms with Crippen LogP contribution in [0.15, 0.2) is 24.3 Å². The zero-order valence-corrected chi connectivity index (χ0v) is 13.4. The summed E-state index contributed by atoms with van der Waals surface area (Å²) in [4.78, 5) is 14.5. The molecule has 3 heteroatoms. The number of unbranched alkanes of at least 4 members (excludes halogenated alkanes) is 1. The van der Waals surface area contributed by atoms with E-state index in [0.717, 1.165) is 51.9 Å². The average molecular weight is 288 g/mol. The van der Waals surface area contributed by atoms with Crippen molar-refractivity contribution in [3.05, 3.63) is 35.4 Å². The topological polar surface area (TPSA) is 32.3 Å². The number of hydrogen-bond acceptors (Lipinski definition) is 2. The molecule has 0 spiro atoms. The van der Waals surface area contributed by atoms with Gasteiger partial charge in [0.2, 0.25) is 5.91 Å². The molecule has 0 aromatic heterocycles. The molecule has 1 N–H and O–H groups in total. The monoisotopic (exact) mass is 288 g/mol. The zero-order valence-electron chi connectivity index (χ0n) is 13.4. The van der Waals surface area contributed by atoms with Crippen LogP contribution in [0.2, 0.25) is 0 Å². The minimum atomic E-state index is 0.219. The zero-order chi connectivity index (χ0) is 15.1. The molecule has 21 heavy (non-hydrogen) atoms. The Kier molecular flexibility index (Phi) is 6.24. The minimum Gasteiger partial charge on any atom is -0.356 e. The van der Waals surface area contributed by atoms with Gasteiger partial charge in [0, 0.05) is 19.0 Å². The van der Waals surface area contributed by atoms with Crippen molar-refractivity contribution in [3.63, 3.8) is 0 Å². The highest BCUT2D eigenvalue weighted by Crippen LogP contribution is 2.19. The van der Waals surface area contributed by atoms with Crippen molar-refractivity contribution in [2.75, 3.05) is 19.6 Å². The highest BCUT2D eigenvalue weighted by Gasteiger charge is 2.24. The lowest BCUT2D eigenvalue weighted by Gasteiger charge is -2.31. The van der Waals surface area contributed by atoms with Gasteiger partial charge in [-0.25, -0.2) is 0 Å². The molecular weight excluding hydrogens is 260 g/mol. The third-order valence-corrected chi connectivity index (χ3v) is 4.31. The molecule has 1 heterocycles. The van der Waals surface area contributed by atoms with Gasteiger partial charge in [0.05, 0.1) is 0 Å². The van der Waals surface area contributed by atoms with E-state index in [2.05, 4.69) is 48.3 Å². The molecule has 1 aliphatic heterocycles. The average Bonchev–Trinajstić information content (AvgIpc) is 2.50. The van der Waals surface area contributed by atoms with Crippen LogP contribution in [0.3, 0.4) is 0 Å². The van der Waals surface area contributed by atoms with Crippen LogP contribution in [0, 0.1) is 12.8 Å². The number of rotatable bonds is 6. The van der Waals surface area contributed by atoms with Crippen molar-refractivity contribution in [1.29, 1.82) is 0 Å². The molecule has 1 aliphatic rings. The van der Waals surface area contributed by atoms with E-state index in [1.54, 1.807) is 0 Å². The number of carbonyl (C=O) groups is 1. The summed E-state index contributed by atoms with van der Waals surface area (Å²) >= 11 is 0. The van der Waals surface area contributed by atoms with Crippen LogP contribution in [0.5, 0.6) is 0 Å². The Morgan fingerprint density at radius 2 is 1.90 bits per heavy atom. The van der Waals surface area contributed by atoms with Gasteiger partial charge in [-0.15, -0.1) is 0 Å². The predicted octanol–water partition coefficient (Wildman–Crippen LogP) is 3.12. The Labute approximate surface area is 128 Å². The Balaban J connectivity index is 1.72. The first-order valence-corrected chi connectivity index (χ1v) is 8.24. The fraction of sp³-hybridized carbons (Fsp3) is 0.611. The van der Waals surface area contributed by atoms with E-state index >= 15 is 0 Å². The van der Waals surface area contributed by atoms with E-state index in [1.165, 1.54) is 11.1 Å². The molecule has 2 rings (SSSR count). The number of amides is 1. The van der Waals surface area contributed by atoms with Gasteiger partial charge in [-0.3, -0.25) is 9.69 Å². The maximum atomic E-state index is 12.0. The molecule has 0 atom stereocenters. The van der Waals surface area contributed by atoms with Crippen molar-refractivity contribution >= 4 is 5.91 Å². The van der Waals surface area contributed by atoms with Crippen molar-refractivity contribution < 1.29 is 4.79 Å². The maximum Gasteiger partial charge on any atom is 0.223 e. The van der Waals surface area contributed by atoms with Crippen LogP contribution in [-0.4, -0.2) is 30.4 Å². The summed E-state index contributed by atoms with van der Waals surface area (Å²) in [7, 11) is 0. The normalized spacial score (nSPS) is 16.9. The molecular formula is C18H28N2O. The second-order valence-electron chi connectivity index (χ2n) is 6.18. The third kappa shape index (κ3) is 5.16. The van der Waals surface area contributed by atoms with Gasteiger partial charge >= 0.3 is 0 Å². The number of benzene rings is 1. The number of hydrogen-bond donors (Lipinski definition) is 1. The molecule has 1 saturated heterocycles. The van der Waals surface area contributed by atoms with Gasteiger partial charge in [0.1, 0.15) is 0 Å². The number of nitrogens with one attached hydrogen (secondary N) is 1. The van der Waals surface area contributed by atoms with Crippen LogP contribution in [-0.2, 0) is 11.3 Å². The molecule has 116 valence electrons. The summed E-state index contributed by atoms with van der Waals surface area (Å²) in [5, 5.41) is 3.07. The van der Waals surface area contributed by atoms with Crippen molar-refractivity contribution in [1.82, 2.24) is 10.2 Å². The first kappa shape index (κ1) is 16.0. The Bertz CT molecular complexity index is 433. The van der Waals surface area contributed by atoms with Gasteiger partial charge in [0.15, 0.2) is 0 Å². The van der Waals surface area contributed by atoms with E-state index < -0.39 is 0 Å². The van der Waals surface area contributed by atoms with E-state index in [1.807, 2.05) is 0 Å². The highest BCUT2D eigenvalue weighted by atomic mass is 16.1. The van der Waals surface area contributed by atoms with E-state index in [9.17, 15) is 4.79 Å². The van der Waals surface area contributed by atoms with Crippen molar-refractivity contribution in [3.8, 4) is 0 Å². The van der Waals surface area contributed by atoms with Crippen LogP contribution >= 0.6 is 0 Å². The van der Waals surface area contributed by atoms with E-state index in [0.29, 0.717) is 0 Å². The lowest BCUT2D eigenvalue weighted by molar-refractivity contribution is -0.126. The summed E-state index contributed by atoms with van der Waals surface area (Å²) < 4.78 is 0. The number of nitrogens with zero attached hydrogens (tertiary/aromatic N) is 1. The number of likely N-dealkylation sites (tertiary alicyclic amines) is 1. The third-order valence-electron chi connectivity index (χ3n) is 4.31. The van der Waals surface area contributed by atoms with Crippen LogP contribution < -0.4 is 5.32 Å². The number of aryl methyl sites for hydroxylation is 1. The summed E-state index contributed by atoms with van der Waals surface area (Å²) in [5.41, 5.74) is 2.67. The van der Waals surface area contributed by atoms with E-state index in [-0.39, 0.29) is 11.8 Å². The molecule has 1 fully saturated rings. The predicted molar refractivity (Wildman–Crippen MR) is 87.1 cm³/mol. The first-order chi connectivity index (χ1) is 10.2. The molecule has 1 aromatic carbocycles. The molecule has 0 saturated carbocycles. The molecule has 3 nitrogen and oxygen atoms in total. The maximum absolute atomic E-state index is 12.0. The van der Waals surface area contributed by atoms with Crippen LogP contribution in [0.25, 0.3) is 0 Å². The van der Waals surface area contributed by atoms with Crippen LogP contribution in [0.1, 0.15) is 43.7 Å². The molecule has 1 amide bonds. The van der Waals surface area contributed by atoms with E-state index in [4.69, 9.17) is 0 Å². The number of carbonyl (C=O) groups excluding carboxylic acids is 1. The fourth-order valence-corrected chi connectivity index (χ4v) is 2.84. The molecule has 0 bridgehead atoms. The molecule has 0 aliphatic carbocycles. The number of piperidine rings is 1. The minimum absolute atomic E-state index is 0.219. The smallest absolute Gasteiger partial charge is 0.223 e. The molecule has 0 radical (unpaired) electrons. The quantitative estimate of drug-likeness (QED) is 0.816. The second kappa shape index (κ2) is 8.18. The first-order valence-electron chi connectivity index (χ1n) is 8.24.